The molecule has 1 aliphatic heterocycles. The maximum absolute atomic E-state index is 13.8. The highest BCUT2D eigenvalue weighted by molar-refractivity contribution is 7.13. The number of thiazole rings is 1. The van der Waals surface area contributed by atoms with Gasteiger partial charge in [0, 0.05) is 29.1 Å². The summed E-state index contributed by atoms with van der Waals surface area (Å²) >= 11 is 1.37. The molecule has 3 aromatic rings. The number of nitrogens with zero attached hydrogens (tertiary/aromatic N) is 1. The zero-order valence-corrected chi connectivity index (χ0v) is 14.5. The van der Waals surface area contributed by atoms with E-state index in [1.54, 1.807) is 36.4 Å². The maximum Gasteiger partial charge on any atom is 0.231 e. The van der Waals surface area contributed by atoms with Crippen LogP contribution >= 0.6 is 11.3 Å². The highest BCUT2D eigenvalue weighted by atomic mass is 32.1. The molecule has 0 saturated heterocycles. The van der Waals surface area contributed by atoms with Crippen LogP contribution in [0.2, 0.25) is 0 Å². The molecule has 1 amide bonds. The molecule has 0 bridgehead atoms. The van der Waals surface area contributed by atoms with E-state index in [-0.39, 0.29) is 24.9 Å². The summed E-state index contributed by atoms with van der Waals surface area (Å²) in [5, 5.41) is 5.31. The van der Waals surface area contributed by atoms with E-state index in [0.717, 1.165) is 5.69 Å². The number of carbonyl (C=O) groups excluding carboxylic acids is 1. The van der Waals surface area contributed by atoms with Gasteiger partial charge < -0.3 is 14.8 Å². The van der Waals surface area contributed by atoms with Crippen molar-refractivity contribution >= 4 is 22.9 Å². The molecule has 2 heterocycles. The monoisotopic (exact) mass is 370 g/mol. The Hall–Kier alpha value is -2.93. The molecule has 0 unspecified atom stereocenters. The van der Waals surface area contributed by atoms with Crippen molar-refractivity contribution in [2.24, 2.45) is 0 Å². The second-order valence-electron chi connectivity index (χ2n) is 5.74. The Morgan fingerprint density at radius 1 is 1.19 bits per heavy atom. The number of halogens is 1. The molecule has 1 aromatic heterocycles. The zero-order valence-electron chi connectivity index (χ0n) is 13.7. The fraction of sp³-hybridized carbons (Fsp3) is 0.158. The minimum Gasteiger partial charge on any atom is -0.454 e. The Bertz CT molecular complexity index is 957. The average molecular weight is 370 g/mol. The Balaban J connectivity index is 1.36. The van der Waals surface area contributed by atoms with E-state index in [4.69, 9.17) is 9.47 Å². The van der Waals surface area contributed by atoms with Gasteiger partial charge in [-0.3, -0.25) is 4.79 Å². The van der Waals surface area contributed by atoms with Crippen LogP contribution in [0.5, 0.6) is 11.5 Å². The number of aryl methyl sites for hydroxylation is 1. The second-order valence-corrected chi connectivity index (χ2v) is 6.60. The summed E-state index contributed by atoms with van der Waals surface area (Å²) in [5.41, 5.74) is 1.91. The Kier molecular flexibility index (Phi) is 4.53. The van der Waals surface area contributed by atoms with Crippen molar-refractivity contribution in [3.05, 3.63) is 59.4 Å². The third kappa shape index (κ3) is 3.52. The minimum atomic E-state index is -0.297. The number of hydrogen-bond donors (Lipinski definition) is 1. The molecule has 0 aliphatic carbocycles. The van der Waals surface area contributed by atoms with E-state index in [2.05, 4.69) is 10.3 Å². The fourth-order valence-corrected chi connectivity index (χ4v) is 3.50. The van der Waals surface area contributed by atoms with Crippen LogP contribution in [0.3, 0.4) is 0 Å². The lowest BCUT2D eigenvalue weighted by molar-refractivity contribution is -0.116. The van der Waals surface area contributed by atoms with Gasteiger partial charge in [0.25, 0.3) is 0 Å². The van der Waals surface area contributed by atoms with Gasteiger partial charge in [-0.05, 0) is 30.7 Å². The summed E-state index contributed by atoms with van der Waals surface area (Å²) in [5.74, 6) is 0.876. The molecule has 0 saturated carbocycles. The van der Waals surface area contributed by atoms with E-state index >= 15 is 0 Å². The summed E-state index contributed by atoms with van der Waals surface area (Å²) in [6.45, 7) is 0.195. The van der Waals surface area contributed by atoms with Crippen molar-refractivity contribution in [3.63, 3.8) is 0 Å². The van der Waals surface area contributed by atoms with E-state index in [1.807, 2.05) is 5.38 Å². The number of hydrogen-bond acceptors (Lipinski definition) is 5. The van der Waals surface area contributed by atoms with Crippen LogP contribution in [-0.4, -0.2) is 17.7 Å². The van der Waals surface area contributed by atoms with Crippen LogP contribution < -0.4 is 14.8 Å². The van der Waals surface area contributed by atoms with Crippen molar-refractivity contribution in [1.29, 1.82) is 0 Å². The predicted molar refractivity (Wildman–Crippen MR) is 97.0 cm³/mol. The van der Waals surface area contributed by atoms with Crippen molar-refractivity contribution in [3.8, 4) is 22.1 Å². The van der Waals surface area contributed by atoms with Crippen LogP contribution in [0.4, 0.5) is 10.1 Å². The number of rotatable bonds is 5. The molecule has 2 aromatic carbocycles. The second kappa shape index (κ2) is 7.13. The molecule has 26 heavy (non-hydrogen) atoms. The fourth-order valence-electron chi connectivity index (χ4n) is 2.62. The van der Waals surface area contributed by atoms with Crippen LogP contribution in [0, 0.1) is 5.82 Å². The third-order valence-electron chi connectivity index (χ3n) is 3.92. The molecule has 0 spiro atoms. The van der Waals surface area contributed by atoms with Crippen LogP contribution in [0.25, 0.3) is 10.6 Å². The van der Waals surface area contributed by atoms with E-state index in [9.17, 15) is 9.18 Å². The first-order chi connectivity index (χ1) is 12.7. The minimum absolute atomic E-state index is 0.121. The molecule has 0 radical (unpaired) electrons. The number of fused-ring (bicyclic) bond motifs is 1. The third-order valence-corrected chi connectivity index (χ3v) is 4.84. The number of benzene rings is 2. The Morgan fingerprint density at radius 2 is 2.04 bits per heavy atom. The van der Waals surface area contributed by atoms with E-state index in [1.165, 1.54) is 17.4 Å². The smallest absolute Gasteiger partial charge is 0.231 e. The number of nitrogens with one attached hydrogen (secondary N) is 1. The van der Waals surface area contributed by atoms with Gasteiger partial charge in [0.1, 0.15) is 10.8 Å². The van der Waals surface area contributed by atoms with Gasteiger partial charge >= 0.3 is 0 Å². The molecule has 0 atom stereocenters. The molecule has 0 fully saturated rings. The molecule has 5 nitrogen and oxygen atoms in total. The van der Waals surface area contributed by atoms with Gasteiger partial charge in [-0.1, -0.05) is 12.1 Å². The van der Waals surface area contributed by atoms with Crippen molar-refractivity contribution in [2.45, 2.75) is 12.8 Å². The maximum atomic E-state index is 13.8. The Morgan fingerprint density at radius 3 is 2.92 bits per heavy atom. The molecule has 132 valence electrons. The summed E-state index contributed by atoms with van der Waals surface area (Å²) in [4.78, 5) is 16.6. The van der Waals surface area contributed by atoms with Gasteiger partial charge in [0.2, 0.25) is 12.7 Å². The molecule has 1 aliphatic rings. The topological polar surface area (TPSA) is 60.5 Å². The molecule has 1 N–H and O–H groups in total. The van der Waals surface area contributed by atoms with E-state index in [0.29, 0.717) is 34.2 Å². The normalized spacial score (nSPS) is 12.2. The number of aromatic nitrogens is 1. The van der Waals surface area contributed by atoms with Gasteiger partial charge in [-0.15, -0.1) is 11.3 Å². The van der Waals surface area contributed by atoms with Crippen molar-refractivity contribution in [1.82, 2.24) is 4.98 Å². The summed E-state index contributed by atoms with van der Waals surface area (Å²) in [6.07, 6.45) is 0.774. The molecule has 7 heteroatoms. The average Bonchev–Trinajstić information content (AvgIpc) is 3.29. The highest BCUT2D eigenvalue weighted by Crippen LogP contribution is 2.34. The van der Waals surface area contributed by atoms with Crippen molar-refractivity contribution < 1.29 is 18.7 Å². The first-order valence-electron chi connectivity index (χ1n) is 8.08. The standard InChI is InChI=1S/C19H15FN2O3S/c20-15-4-2-1-3-14(15)19-22-13(10-26-19)6-8-18(23)21-12-5-7-16-17(9-12)25-11-24-16/h1-5,7,9-10H,6,8,11H2,(H,21,23). The van der Waals surface area contributed by atoms with E-state index < -0.39 is 0 Å². The largest absolute Gasteiger partial charge is 0.454 e. The lowest BCUT2D eigenvalue weighted by Gasteiger charge is -2.05. The van der Waals surface area contributed by atoms with Crippen LogP contribution in [-0.2, 0) is 11.2 Å². The summed E-state index contributed by atoms with van der Waals surface area (Å²) < 4.78 is 24.4. The lowest BCUT2D eigenvalue weighted by Crippen LogP contribution is -2.12. The quantitative estimate of drug-likeness (QED) is 0.729. The summed E-state index contributed by atoms with van der Waals surface area (Å²) in [7, 11) is 0. The number of ether oxygens (including phenoxy) is 2. The lowest BCUT2D eigenvalue weighted by atomic mass is 10.2. The molecular weight excluding hydrogens is 355 g/mol. The zero-order chi connectivity index (χ0) is 17.9. The SMILES string of the molecule is O=C(CCc1csc(-c2ccccc2F)n1)Nc1ccc2c(c1)OCO2. The highest BCUT2D eigenvalue weighted by Gasteiger charge is 2.14. The first kappa shape index (κ1) is 16.5. The summed E-state index contributed by atoms with van der Waals surface area (Å²) in [6, 6.07) is 11.8. The number of anilines is 1. The van der Waals surface area contributed by atoms with Gasteiger partial charge in [-0.25, -0.2) is 9.37 Å². The first-order valence-corrected chi connectivity index (χ1v) is 8.96. The van der Waals surface area contributed by atoms with Crippen LogP contribution in [0.15, 0.2) is 47.8 Å². The van der Waals surface area contributed by atoms with Gasteiger partial charge in [-0.2, -0.15) is 0 Å². The van der Waals surface area contributed by atoms with Gasteiger partial charge in [0.05, 0.1) is 5.69 Å². The predicted octanol–water partition coefficient (Wildman–Crippen LogP) is 4.25. The molecule has 4 rings (SSSR count). The van der Waals surface area contributed by atoms with Crippen molar-refractivity contribution in [2.75, 3.05) is 12.1 Å². The van der Waals surface area contributed by atoms with Gasteiger partial charge in [0.15, 0.2) is 11.5 Å². The molecular formula is C19H15FN2O3S. The number of amides is 1. The Labute approximate surface area is 153 Å². The number of carbonyl (C=O) groups is 1. The van der Waals surface area contributed by atoms with Crippen LogP contribution in [0.1, 0.15) is 12.1 Å².